The Balaban J connectivity index is 0.00000110. The summed E-state index contributed by atoms with van der Waals surface area (Å²) in [6, 6.07) is 0. The number of rotatable bonds is 1. The van der Waals surface area contributed by atoms with E-state index >= 15 is 0 Å². The molecular weight excluding hydrogens is 260 g/mol. The van der Waals surface area contributed by atoms with E-state index in [9.17, 15) is 0 Å². The fourth-order valence-electron chi connectivity index (χ4n) is 5.01. The molecule has 0 radical (unpaired) electrons. The first kappa shape index (κ1) is 14.2. The topological polar surface area (TPSA) is 30.5 Å². The minimum Gasteiger partial charge on any atom is -0.404 e. The van der Waals surface area contributed by atoms with Gasteiger partial charge in [-0.3, -0.25) is 0 Å². The van der Waals surface area contributed by atoms with Gasteiger partial charge in [-0.25, -0.2) is 0 Å². The van der Waals surface area contributed by atoms with Crippen molar-refractivity contribution >= 4 is 19.5 Å². The lowest BCUT2D eigenvalue weighted by Gasteiger charge is -2.64. The van der Waals surface area contributed by atoms with Crippen LogP contribution in [0.5, 0.6) is 0 Å². The molecule has 3 saturated carbocycles. The molecule has 0 spiro atoms. The first-order valence-electron chi connectivity index (χ1n) is 7.58. The molecule has 5 aliphatic rings. The van der Waals surface area contributed by atoms with Crippen LogP contribution in [0.4, 0.5) is 0 Å². The molecular formula is C14H25BClNO2. The van der Waals surface area contributed by atoms with Crippen molar-refractivity contribution in [3.63, 3.8) is 0 Å². The Hall–Kier alpha value is 0.235. The molecule has 0 amide bonds. The van der Waals surface area contributed by atoms with E-state index in [2.05, 4.69) is 26.1 Å². The standard InChI is InChI=1S/C14H24BNO2.ClH/c1-13(2)9-7-10(13)14(3)11(8-9)17-15(18-14)12-5-4-6-16-12;/h9-12,16H,4-8H2,1-3H3;1H/t9?,10?,11-,12+,14+;/m1./s1. The Kier molecular flexibility index (Phi) is 3.26. The molecule has 2 aliphatic heterocycles. The highest BCUT2D eigenvalue weighted by Gasteiger charge is 2.68. The zero-order valence-electron chi connectivity index (χ0n) is 12.1. The first-order chi connectivity index (χ1) is 8.52. The minimum absolute atomic E-state index is 0. The van der Waals surface area contributed by atoms with E-state index in [4.69, 9.17) is 9.31 Å². The monoisotopic (exact) mass is 285 g/mol. The van der Waals surface area contributed by atoms with E-state index in [0.717, 1.165) is 12.5 Å². The molecule has 3 nitrogen and oxygen atoms in total. The molecule has 5 fully saturated rings. The molecule has 2 bridgehead atoms. The van der Waals surface area contributed by atoms with Gasteiger partial charge in [0.15, 0.2) is 0 Å². The molecule has 5 heteroatoms. The zero-order chi connectivity index (χ0) is 12.5. The van der Waals surface area contributed by atoms with Crippen molar-refractivity contribution in [2.45, 2.75) is 64.1 Å². The molecule has 5 rings (SSSR count). The fraction of sp³-hybridized carbons (Fsp3) is 1.00. The van der Waals surface area contributed by atoms with Gasteiger partial charge in [-0.05, 0) is 56.4 Å². The maximum atomic E-state index is 6.44. The van der Waals surface area contributed by atoms with E-state index in [-0.39, 0.29) is 25.1 Å². The van der Waals surface area contributed by atoms with Crippen molar-refractivity contribution in [1.29, 1.82) is 0 Å². The predicted molar refractivity (Wildman–Crippen MR) is 78.4 cm³/mol. The van der Waals surface area contributed by atoms with Gasteiger partial charge in [0, 0.05) is 5.94 Å². The van der Waals surface area contributed by atoms with Crippen molar-refractivity contribution in [1.82, 2.24) is 5.32 Å². The molecule has 108 valence electrons. The molecule has 19 heavy (non-hydrogen) atoms. The number of hydrogen-bond acceptors (Lipinski definition) is 3. The average molecular weight is 286 g/mol. The van der Waals surface area contributed by atoms with Crippen LogP contribution in [-0.4, -0.2) is 31.3 Å². The molecule has 1 N–H and O–H groups in total. The number of hydrogen-bond donors (Lipinski definition) is 1. The minimum atomic E-state index is -0.0345. The van der Waals surface area contributed by atoms with Crippen LogP contribution in [0.15, 0.2) is 0 Å². The third-order valence-corrected chi connectivity index (χ3v) is 6.40. The summed E-state index contributed by atoms with van der Waals surface area (Å²) in [7, 11) is -0.00218. The van der Waals surface area contributed by atoms with Crippen LogP contribution in [-0.2, 0) is 9.31 Å². The maximum absolute atomic E-state index is 6.44. The van der Waals surface area contributed by atoms with Gasteiger partial charge in [0.05, 0.1) is 11.7 Å². The average Bonchev–Trinajstić information content (AvgIpc) is 2.92. The van der Waals surface area contributed by atoms with Gasteiger partial charge in [-0.15, -0.1) is 12.4 Å². The molecule has 0 aromatic heterocycles. The summed E-state index contributed by atoms with van der Waals surface area (Å²) in [5, 5.41) is 3.52. The fourth-order valence-corrected chi connectivity index (χ4v) is 5.01. The van der Waals surface area contributed by atoms with E-state index in [1.165, 1.54) is 25.7 Å². The van der Waals surface area contributed by atoms with Crippen LogP contribution in [0.3, 0.4) is 0 Å². The molecule has 2 saturated heterocycles. The van der Waals surface area contributed by atoms with E-state index in [1.54, 1.807) is 0 Å². The van der Waals surface area contributed by atoms with Gasteiger partial charge in [0.1, 0.15) is 0 Å². The van der Waals surface area contributed by atoms with Crippen molar-refractivity contribution in [3.05, 3.63) is 0 Å². The summed E-state index contributed by atoms with van der Waals surface area (Å²) in [6.07, 6.45) is 5.33. The lowest BCUT2D eigenvalue weighted by atomic mass is 9.43. The zero-order valence-corrected chi connectivity index (χ0v) is 13.0. The smallest absolute Gasteiger partial charge is 0.404 e. The second-order valence-corrected chi connectivity index (χ2v) is 7.54. The van der Waals surface area contributed by atoms with Crippen LogP contribution in [0.25, 0.3) is 0 Å². The largest absolute Gasteiger partial charge is 0.475 e. The molecule has 0 aromatic carbocycles. The highest BCUT2D eigenvalue weighted by molar-refractivity contribution is 6.47. The van der Waals surface area contributed by atoms with Gasteiger partial charge in [0.2, 0.25) is 0 Å². The van der Waals surface area contributed by atoms with Crippen molar-refractivity contribution in [3.8, 4) is 0 Å². The second-order valence-electron chi connectivity index (χ2n) is 7.54. The Morgan fingerprint density at radius 2 is 2.00 bits per heavy atom. The summed E-state index contributed by atoms with van der Waals surface area (Å²) in [4.78, 5) is 0. The van der Waals surface area contributed by atoms with Crippen molar-refractivity contribution in [2.24, 2.45) is 17.3 Å². The quantitative estimate of drug-likeness (QED) is 0.751. The van der Waals surface area contributed by atoms with Gasteiger partial charge >= 0.3 is 7.12 Å². The van der Waals surface area contributed by atoms with Crippen LogP contribution in [0.2, 0.25) is 0 Å². The highest BCUT2D eigenvalue weighted by Crippen LogP contribution is 2.65. The Labute approximate surface area is 122 Å². The lowest BCUT2D eigenvalue weighted by Crippen LogP contribution is -2.65. The van der Waals surface area contributed by atoms with Crippen LogP contribution in [0.1, 0.15) is 46.5 Å². The SMILES string of the molecule is CC1(C)C2CC1[C@]1(C)OB([C@@H]3CCCN3)O[C@@H]1C2.Cl. The third-order valence-electron chi connectivity index (χ3n) is 6.40. The molecule has 2 unspecified atom stereocenters. The van der Waals surface area contributed by atoms with Gasteiger partial charge in [-0.1, -0.05) is 13.8 Å². The molecule has 0 aromatic rings. The maximum Gasteiger partial charge on any atom is 0.475 e. The van der Waals surface area contributed by atoms with E-state index in [0.29, 0.717) is 23.4 Å². The third kappa shape index (κ3) is 1.76. The van der Waals surface area contributed by atoms with Gasteiger partial charge < -0.3 is 14.6 Å². The van der Waals surface area contributed by atoms with Crippen molar-refractivity contribution in [2.75, 3.05) is 6.54 Å². The van der Waals surface area contributed by atoms with Gasteiger partial charge in [0.25, 0.3) is 0 Å². The van der Waals surface area contributed by atoms with Crippen LogP contribution < -0.4 is 5.32 Å². The highest BCUT2D eigenvalue weighted by atomic mass is 35.5. The molecule has 5 atom stereocenters. The number of halogens is 1. The van der Waals surface area contributed by atoms with E-state index in [1.807, 2.05) is 0 Å². The molecule has 2 heterocycles. The lowest BCUT2D eigenvalue weighted by molar-refractivity contribution is -0.199. The summed E-state index contributed by atoms with van der Waals surface area (Å²) >= 11 is 0. The second kappa shape index (κ2) is 4.36. The van der Waals surface area contributed by atoms with Crippen LogP contribution >= 0.6 is 12.4 Å². The summed E-state index contributed by atoms with van der Waals surface area (Å²) < 4.78 is 12.7. The van der Waals surface area contributed by atoms with Crippen LogP contribution in [0, 0.1) is 17.3 Å². The Morgan fingerprint density at radius 1 is 1.21 bits per heavy atom. The summed E-state index contributed by atoms with van der Waals surface area (Å²) in [5.74, 6) is 1.95. The first-order valence-corrected chi connectivity index (χ1v) is 7.58. The van der Waals surface area contributed by atoms with Gasteiger partial charge in [-0.2, -0.15) is 0 Å². The molecule has 3 aliphatic carbocycles. The Morgan fingerprint density at radius 3 is 2.63 bits per heavy atom. The predicted octanol–water partition coefficient (Wildman–Crippen LogP) is 2.43. The summed E-state index contributed by atoms with van der Waals surface area (Å²) in [6.45, 7) is 8.25. The Bertz CT molecular complexity index is 374. The van der Waals surface area contributed by atoms with E-state index < -0.39 is 0 Å². The summed E-state index contributed by atoms with van der Waals surface area (Å²) in [5.41, 5.74) is 0.416. The van der Waals surface area contributed by atoms with Crippen molar-refractivity contribution < 1.29 is 9.31 Å². The number of nitrogens with one attached hydrogen (secondary N) is 1. The normalized spacial score (nSPS) is 50.4.